The molecule has 0 saturated heterocycles. The van der Waals surface area contributed by atoms with Gasteiger partial charge in [0.05, 0.1) is 12.1 Å². The van der Waals surface area contributed by atoms with Gasteiger partial charge in [0.1, 0.15) is 5.82 Å². The highest BCUT2D eigenvalue weighted by Crippen LogP contribution is 2.15. The van der Waals surface area contributed by atoms with Crippen LogP contribution in [-0.2, 0) is 4.79 Å². The molecule has 0 spiro atoms. The topological polar surface area (TPSA) is 66.6 Å². The summed E-state index contributed by atoms with van der Waals surface area (Å²) < 4.78 is 13.0. The van der Waals surface area contributed by atoms with Crippen molar-refractivity contribution < 1.29 is 14.0 Å². The molecule has 20 heavy (non-hydrogen) atoms. The quantitative estimate of drug-likeness (QED) is 0.828. The molecule has 2 N–H and O–H groups in total. The Hall–Kier alpha value is -2.11. The summed E-state index contributed by atoms with van der Waals surface area (Å²) in [5.41, 5.74) is 5.88. The van der Waals surface area contributed by atoms with Gasteiger partial charge in [0, 0.05) is 25.8 Å². The van der Waals surface area contributed by atoms with Crippen LogP contribution in [0.5, 0.6) is 0 Å². The number of rotatable bonds is 5. The highest BCUT2D eigenvalue weighted by Gasteiger charge is 2.19. The van der Waals surface area contributed by atoms with Gasteiger partial charge in [-0.3, -0.25) is 9.59 Å². The first kappa shape index (κ1) is 15.9. The molecule has 0 heterocycles. The number of carbonyl (C=O) groups is 2. The maximum atomic E-state index is 13.0. The molecule has 0 aromatic heterocycles. The molecule has 0 bridgehead atoms. The van der Waals surface area contributed by atoms with Gasteiger partial charge in [-0.05, 0) is 32.0 Å². The Morgan fingerprint density at radius 1 is 1.25 bits per heavy atom. The van der Waals surface area contributed by atoms with Crippen molar-refractivity contribution in [3.05, 3.63) is 29.6 Å². The van der Waals surface area contributed by atoms with Crippen molar-refractivity contribution in [2.45, 2.75) is 13.8 Å². The molecule has 0 aliphatic carbocycles. The van der Waals surface area contributed by atoms with Gasteiger partial charge in [-0.1, -0.05) is 0 Å². The number of amides is 2. The molecule has 1 aromatic rings. The maximum absolute atomic E-state index is 13.0. The Morgan fingerprint density at radius 3 is 2.35 bits per heavy atom. The highest BCUT2D eigenvalue weighted by molar-refractivity contribution is 6.00. The molecule has 5 nitrogen and oxygen atoms in total. The zero-order chi connectivity index (χ0) is 15.3. The van der Waals surface area contributed by atoms with E-state index in [-0.39, 0.29) is 23.7 Å². The van der Waals surface area contributed by atoms with E-state index in [1.165, 1.54) is 24.1 Å². The molecule has 0 aliphatic heterocycles. The maximum Gasteiger partial charge on any atom is 0.256 e. The Kier molecular flexibility index (Phi) is 5.49. The summed E-state index contributed by atoms with van der Waals surface area (Å²) in [5.74, 6) is -1.03. The fourth-order valence-electron chi connectivity index (χ4n) is 1.88. The van der Waals surface area contributed by atoms with Crippen molar-refractivity contribution in [3.63, 3.8) is 0 Å². The molecule has 6 heteroatoms. The van der Waals surface area contributed by atoms with Gasteiger partial charge >= 0.3 is 0 Å². The molecule has 0 unspecified atom stereocenters. The average Bonchev–Trinajstić information content (AvgIpc) is 2.39. The van der Waals surface area contributed by atoms with Crippen LogP contribution in [0.2, 0.25) is 0 Å². The van der Waals surface area contributed by atoms with E-state index in [9.17, 15) is 14.0 Å². The minimum absolute atomic E-state index is 0.0304. The number of benzene rings is 1. The predicted octanol–water partition coefficient (Wildman–Crippen LogP) is 1.35. The van der Waals surface area contributed by atoms with Gasteiger partial charge in [0.25, 0.3) is 5.91 Å². The molecule has 0 atom stereocenters. The first-order chi connectivity index (χ1) is 9.40. The molecule has 1 rings (SSSR count). The van der Waals surface area contributed by atoms with Crippen LogP contribution in [0.3, 0.4) is 0 Å². The summed E-state index contributed by atoms with van der Waals surface area (Å²) in [7, 11) is 1.52. The first-order valence-electron chi connectivity index (χ1n) is 6.48. The molecule has 0 saturated carbocycles. The van der Waals surface area contributed by atoms with Crippen LogP contribution in [0.4, 0.5) is 10.1 Å². The number of likely N-dealkylation sites (N-methyl/N-ethyl adjacent to an activating group) is 2. The second-order valence-corrected chi connectivity index (χ2v) is 4.46. The lowest BCUT2D eigenvalue weighted by molar-refractivity contribution is -0.131. The highest BCUT2D eigenvalue weighted by atomic mass is 19.1. The lowest BCUT2D eigenvalue weighted by Crippen LogP contribution is -2.41. The van der Waals surface area contributed by atoms with Crippen LogP contribution in [0.25, 0.3) is 0 Å². The molecule has 2 amide bonds. The monoisotopic (exact) mass is 281 g/mol. The van der Waals surface area contributed by atoms with E-state index in [1.807, 2.05) is 13.8 Å². The Bertz CT molecular complexity index is 501. The predicted molar refractivity (Wildman–Crippen MR) is 75.7 cm³/mol. The number of nitrogens with two attached hydrogens (primary N) is 1. The van der Waals surface area contributed by atoms with E-state index >= 15 is 0 Å². The van der Waals surface area contributed by atoms with E-state index in [0.29, 0.717) is 13.1 Å². The number of nitrogens with zero attached hydrogens (tertiary/aromatic N) is 2. The molecular weight excluding hydrogens is 261 g/mol. The third kappa shape index (κ3) is 3.69. The van der Waals surface area contributed by atoms with Gasteiger partial charge in [-0.15, -0.1) is 0 Å². The third-order valence-electron chi connectivity index (χ3n) is 3.08. The van der Waals surface area contributed by atoms with Crippen molar-refractivity contribution in [1.29, 1.82) is 0 Å². The summed E-state index contributed by atoms with van der Waals surface area (Å²) in [5, 5.41) is 0. The van der Waals surface area contributed by atoms with Crippen molar-refractivity contribution >= 4 is 17.5 Å². The molecular formula is C14H20FN3O2. The molecule has 0 aliphatic rings. The van der Waals surface area contributed by atoms with E-state index in [0.717, 1.165) is 6.07 Å². The third-order valence-corrected chi connectivity index (χ3v) is 3.08. The number of anilines is 1. The number of hydrogen-bond donors (Lipinski definition) is 1. The van der Waals surface area contributed by atoms with Crippen molar-refractivity contribution in [1.82, 2.24) is 9.80 Å². The largest absolute Gasteiger partial charge is 0.398 e. The van der Waals surface area contributed by atoms with Gasteiger partial charge in [0.2, 0.25) is 5.91 Å². The van der Waals surface area contributed by atoms with Crippen LogP contribution in [-0.4, -0.2) is 48.3 Å². The normalized spacial score (nSPS) is 10.2. The SMILES string of the molecule is CCN(CC)C(=O)CN(C)C(=O)c1ccc(F)cc1N. The number of carbonyl (C=O) groups excluding carboxylic acids is 2. The summed E-state index contributed by atoms with van der Waals surface area (Å²) in [6.07, 6.45) is 0. The number of nitrogen functional groups attached to an aromatic ring is 1. The van der Waals surface area contributed by atoms with E-state index in [1.54, 1.807) is 4.90 Å². The summed E-state index contributed by atoms with van der Waals surface area (Å²) in [4.78, 5) is 27.0. The van der Waals surface area contributed by atoms with E-state index in [2.05, 4.69) is 0 Å². The van der Waals surface area contributed by atoms with Crippen LogP contribution >= 0.6 is 0 Å². The Morgan fingerprint density at radius 2 is 1.85 bits per heavy atom. The molecule has 1 aromatic carbocycles. The second-order valence-electron chi connectivity index (χ2n) is 4.46. The Balaban J connectivity index is 2.79. The zero-order valence-corrected chi connectivity index (χ0v) is 12.0. The molecule has 110 valence electrons. The van der Waals surface area contributed by atoms with Gasteiger partial charge in [0.15, 0.2) is 0 Å². The van der Waals surface area contributed by atoms with E-state index in [4.69, 9.17) is 5.73 Å². The van der Waals surface area contributed by atoms with Gasteiger partial charge < -0.3 is 15.5 Å². The minimum Gasteiger partial charge on any atom is -0.398 e. The standard InChI is InChI=1S/C14H20FN3O2/c1-4-18(5-2)13(19)9-17(3)14(20)11-7-6-10(15)8-12(11)16/h6-8H,4-5,9,16H2,1-3H3. The Labute approximate surface area is 118 Å². The zero-order valence-electron chi connectivity index (χ0n) is 12.0. The molecule has 0 radical (unpaired) electrons. The first-order valence-corrected chi connectivity index (χ1v) is 6.48. The lowest BCUT2D eigenvalue weighted by Gasteiger charge is -2.23. The van der Waals surface area contributed by atoms with Crippen molar-refractivity contribution in [3.8, 4) is 0 Å². The van der Waals surface area contributed by atoms with Crippen LogP contribution in [0.1, 0.15) is 24.2 Å². The summed E-state index contributed by atoms with van der Waals surface area (Å²) in [6.45, 7) is 4.91. The molecule has 0 fully saturated rings. The summed E-state index contributed by atoms with van der Waals surface area (Å²) >= 11 is 0. The van der Waals surface area contributed by atoms with Crippen molar-refractivity contribution in [2.24, 2.45) is 0 Å². The number of hydrogen-bond acceptors (Lipinski definition) is 3. The minimum atomic E-state index is -0.499. The summed E-state index contributed by atoms with van der Waals surface area (Å²) in [6, 6.07) is 3.59. The van der Waals surface area contributed by atoms with Gasteiger partial charge in [-0.2, -0.15) is 0 Å². The van der Waals surface area contributed by atoms with Gasteiger partial charge in [-0.25, -0.2) is 4.39 Å². The smallest absolute Gasteiger partial charge is 0.256 e. The van der Waals surface area contributed by atoms with E-state index < -0.39 is 11.7 Å². The van der Waals surface area contributed by atoms with Crippen molar-refractivity contribution in [2.75, 3.05) is 32.4 Å². The number of halogens is 1. The fraction of sp³-hybridized carbons (Fsp3) is 0.429. The lowest BCUT2D eigenvalue weighted by atomic mass is 10.1. The van der Waals surface area contributed by atoms with Crippen LogP contribution < -0.4 is 5.73 Å². The fourth-order valence-corrected chi connectivity index (χ4v) is 1.88. The second kappa shape index (κ2) is 6.88. The average molecular weight is 281 g/mol. The van der Waals surface area contributed by atoms with Crippen LogP contribution in [0, 0.1) is 5.82 Å². The van der Waals surface area contributed by atoms with Crippen LogP contribution in [0.15, 0.2) is 18.2 Å².